The smallest absolute Gasteiger partial charge is 0.272 e. The molecule has 1 aromatic heterocycles. The summed E-state index contributed by atoms with van der Waals surface area (Å²) in [5.41, 5.74) is 1.73. The van der Waals surface area contributed by atoms with Gasteiger partial charge in [0.25, 0.3) is 5.91 Å². The first-order valence-electron chi connectivity index (χ1n) is 12.4. The van der Waals surface area contributed by atoms with Gasteiger partial charge in [-0.2, -0.15) is 4.31 Å². The molecule has 0 unspecified atom stereocenters. The largest absolute Gasteiger partial charge is 0.487 e. The second-order valence-electron chi connectivity index (χ2n) is 9.42. The predicted molar refractivity (Wildman–Crippen MR) is 144 cm³/mol. The fraction of sp³-hybridized carbons (Fsp3) is 0.310. The lowest BCUT2D eigenvalue weighted by atomic mass is 10.0. The number of benzene rings is 2. The van der Waals surface area contributed by atoms with Crippen LogP contribution in [0.1, 0.15) is 35.5 Å². The SMILES string of the molecule is C[C@@H]1CN([C@H](C)CO)S(=O)(=O)c2ccc(C#Cc3ccccc3)cc2O[C@H]1CN(C)C(=O)c1ccccn1. The van der Waals surface area contributed by atoms with Crippen LogP contribution in [0.2, 0.25) is 0 Å². The summed E-state index contributed by atoms with van der Waals surface area (Å²) in [6, 6.07) is 18.7. The summed E-state index contributed by atoms with van der Waals surface area (Å²) >= 11 is 0. The van der Waals surface area contributed by atoms with Crippen LogP contribution in [0.4, 0.5) is 0 Å². The summed E-state index contributed by atoms with van der Waals surface area (Å²) in [7, 11) is -2.31. The summed E-state index contributed by atoms with van der Waals surface area (Å²) in [6.45, 7) is 3.54. The molecular weight excluding hydrogens is 502 g/mol. The predicted octanol–water partition coefficient (Wildman–Crippen LogP) is 3.02. The average Bonchev–Trinajstić information content (AvgIpc) is 2.93. The Morgan fingerprint density at radius 3 is 2.53 bits per heavy atom. The number of aliphatic hydroxyl groups is 1. The molecule has 0 saturated carbocycles. The molecule has 1 aliphatic heterocycles. The van der Waals surface area contributed by atoms with E-state index in [9.17, 15) is 18.3 Å². The maximum Gasteiger partial charge on any atom is 0.272 e. The number of hydrogen-bond acceptors (Lipinski definition) is 6. The zero-order chi connectivity index (χ0) is 27.3. The second-order valence-corrected chi connectivity index (χ2v) is 11.3. The average molecular weight is 534 g/mol. The zero-order valence-electron chi connectivity index (χ0n) is 21.6. The van der Waals surface area contributed by atoms with E-state index in [-0.39, 0.29) is 42.2 Å². The van der Waals surface area contributed by atoms with Crippen molar-refractivity contribution in [2.75, 3.05) is 26.7 Å². The fourth-order valence-corrected chi connectivity index (χ4v) is 6.05. The number of rotatable bonds is 5. The van der Waals surface area contributed by atoms with Gasteiger partial charge in [-0.15, -0.1) is 0 Å². The summed E-state index contributed by atoms with van der Waals surface area (Å²) < 4.78 is 35.0. The maximum absolute atomic E-state index is 13.7. The van der Waals surface area contributed by atoms with Crippen molar-refractivity contribution in [2.24, 2.45) is 5.92 Å². The first-order valence-corrected chi connectivity index (χ1v) is 13.8. The van der Waals surface area contributed by atoms with E-state index in [0.717, 1.165) is 5.56 Å². The molecule has 0 fully saturated rings. The van der Waals surface area contributed by atoms with Crippen molar-refractivity contribution in [2.45, 2.75) is 30.9 Å². The molecule has 2 aromatic carbocycles. The number of pyridine rings is 1. The Bertz CT molecular complexity index is 1440. The maximum atomic E-state index is 13.7. The van der Waals surface area contributed by atoms with Crippen LogP contribution in [-0.2, 0) is 10.0 Å². The third-order valence-corrected chi connectivity index (χ3v) is 8.50. The number of carbonyl (C=O) groups excluding carboxylic acids is 1. The number of aromatic nitrogens is 1. The van der Waals surface area contributed by atoms with Crippen molar-refractivity contribution in [3.05, 3.63) is 89.7 Å². The molecule has 3 aromatic rings. The van der Waals surface area contributed by atoms with Crippen LogP contribution >= 0.6 is 0 Å². The van der Waals surface area contributed by atoms with Crippen LogP contribution in [0.5, 0.6) is 5.75 Å². The van der Waals surface area contributed by atoms with Crippen LogP contribution in [0, 0.1) is 17.8 Å². The quantitative estimate of drug-likeness (QED) is 0.506. The Morgan fingerprint density at radius 1 is 1.13 bits per heavy atom. The van der Waals surface area contributed by atoms with Gasteiger partial charge in [0, 0.05) is 42.9 Å². The number of amides is 1. The molecule has 3 atom stereocenters. The first kappa shape index (κ1) is 27.3. The normalized spacial score (nSPS) is 19.5. The van der Waals surface area contributed by atoms with E-state index in [0.29, 0.717) is 11.3 Å². The standard InChI is InChI=1S/C29H31N3O5S/c1-21-18-32(22(2)20-33)38(35,36)28-15-14-24(13-12-23-9-5-4-6-10-23)17-26(28)37-27(21)19-31(3)29(34)25-11-7-8-16-30-25/h4-11,14-17,21-22,27,33H,18-20H2,1-3H3/t21-,22-,27+/m1/s1. The number of aliphatic hydroxyl groups excluding tert-OH is 1. The van der Waals surface area contributed by atoms with Gasteiger partial charge in [-0.05, 0) is 49.4 Å². The van der Waals surface area contributed by atoms with Crippen LogP contribution in [0.25, 0.3) is 0 Å². The topological polar surface area (TPSA) is 100 Å². The second kappa shape index (κ2) is 11.8. The lowest BCUT2D eigenvalue weighted by Gasteiger charge is -2.37. The lowest BCUT2D eigenvalue weighted by Crippen LogP contribution is -2.50. The van der Waals surface area contributed by atoms with E-state index in [2.05, 4.69) is 16.8 Å². The highest BCUT2D eigenvalue weighted by molar-refractivity contribution is 7.89. The number of likely N-dealkylation sites (N-methyl/N-ethyl adjacent to an activating group) is 1. The number of ether oxygens (including phenoxy) is 1. The third kappa shape index (κ3) is 6.05. The minimum Gasteiger partial charge on any atom is -0.487 e. The Balaban J connectivity index is 1.72. The Hall–Kier alpha value is -3.71. The molecule has 0 radical (unpaired) electrons. The van der Waals surface area contributed by atoms with Gasteiger partial charge >= 0.3 is 0 Å². The van der Waals surface area contributed by atoms with E-state index in [4.69, 9.17) is 4.74 Å². The van der Waals surface area contributed by atoms with Gasteiger partial charge in [0.05, 0.1) is 13.2 Å². The molecule has 2 heterocycles. The molecule has 0 bridgehead atoms. The van der Waals surface area contributed by atoms with Gasteiger partial charge in [0.15, 0.2) is 0 Å². The molecular formula is C29H31N3O5S. The van der Waals surface area contributed by atoms with Crippen molar-refractivity contribution < 1.29 is 23.1 Å². The first-order chi connectivity index (χ1) is 18.2. The molecule has 38 heavy (non-hydrogen) atoms. The molecule has 8 nitrogen and oxygen atoms in total. The Labute approximate surface area is 223 Å². The third-order valence-electron chi connectivity index (χ3n) is 6.48. The Kier molecular flexibility index (Phi) is 8.47. The Morgan fingerprint density at radius 2 is 1.84 bits per heavy atom. The molecule has 9 heteroatoms. The highest BCUT2D eigenvalue weighted by atomic mass is 32.2. The molecule has 4 rings (SSSR count). The van der Waals surface area contributed by atoms with Crippen LogP contribution in [0.3, 0.4) is 0 Å². The van der Waals surface area contributed by atoms with E-state index in [1.165, 1.54) is 15.3 Å². The van der Waals surface area contributed by atoms with Gasteiger partial charge < -0.3 is 14.7 Å². The molecule has 1 amide bonds. The molecule has 0 spiro atoms. The van der Waals surface area contributed by atoms with Gasteiger partial charge in [-0.1, -0.05) is 43.0 Å². The van der Waals surface area contributed by atoms with Gasteiger partial charge in [-0.25, -0.2) is 8.42 Å². The number of carbonyl (C=O) groups is 1. The van der Waals surface area contributed by atoms with E-state index in [1.807, 2.05) is 37.3 Å². The van der Waals surface area contributed by atoms with Crippen molar-refractivity contribution in [1.29, 1.82) is 0 Å². The summed E-state index contributed by atoms with van der Waals surface area (Å²) in [6.07, 6.45) is 1.02. The lowest BCUT2D eigenvalue weighted by molar-refractivity contribution is 0.0559. The minimum atomic E-state index is -3.97. The van der Waals surface area contributed by atoms with Gasteiger partial charge in [0.2, 0.25) is 10.0 Å². The molecule has 1 aliphatic rings. The zero-order valence-corrected chi connectivity index (χ0v) is 22.4. The van der Waals surface area contributed by atoms with E-state index >= 15 is 0 Å². The van der Waals surface area contributed by atoms with Crippen LogP contribution < -0.4 is 4.74 Å². The molecule has 0 saturated heterocycles. The number of sulfonamides is 1. The molecule has 0 aliphatic carbocycles. The van der Waals surface area contributed by atoms with Crippen molar-refractivity contribution >= 4 is 15.9 Å². The molecule has 198 valence electrons. The monoisotopic (exact) mass is 533 g/mol. The van der Waals surface area contributed by atoms with Crippen LogP contribution in [-0.4, -0.2) is 72.5 Å². The molecule has 1 N–H and O–H groups in total. The highest BCUT2D eigenvalue weighted by Gasteiger charge is 2.38. The van der Waals surface area contributed by atoms with Crippen molar-refractivity contribution in [3.8, 4) is 17.6 Å². The van der Waals surface area contributed by atoms with Gasteiger partial charge in [0.1, 0.15) is 22.4 Å². The van der Waals surface area contributed by atoms with E-state index < -0.39 is 22.2 Å². The number of hydrogen-bond donors (Lipinski definition) is 1. The number of nitrogens with zero attached hydrogens (tertiary/aromatic N) is 3. The van der Waals surface area contributed by atoms with Crippen molar-refractivity contribution in [1.82, 2.24) is 14.2 Å². The number of fused-ring (bicyclic) bond motifs is 1. The van der Waals surface area contributed by atoms with Crippen molar-refractivity contribution in [3.63, 3.8) is 0 Å². The summed E-state index contributed by atoms with van der Waals surface area (Å²) in [4.78, 5) is 18.6. The summed E-state index contributed by atoms with van der Waals surface area (Å²) in [5, 5.41) is 9.83. The van der Waals surface area contributed by atoms with E-state index in [1.54, 1.807) is 50.5 Å². The minimum absolute atomic E-state index is 0.00123. The van der Waals surface area contributed by atoms with Gasteiger partial charge in [-0.3, -0.25) is 9.78 Å². The summed E-state index contributed by atoms with van der Waals surface area (Å²) in [5.74, 6) is 5.75. The van der Waals surface area contributed by atoms with Crippen LogP contribution in [0.15, 0.2) is 77.8 Å². The fourth-order valence-electron chi connectivity index (χ4n) is 4.22. The highest BCUT2D eigenvalue weighted by Crippen LogP contribution is 2.34.